The average molecular weight is 346 g/mol. The van der Waals surface area contributed by atoms with Gasteiger partial charge in [0.2, 0.25) is 0 Å². The highest BCUT2D eigenvalue weighted by Crippen LogP contribution is 2.58. The Kier molecular flexibility index (Phi) is 4.24. The van der Waals surface area contributed by atoms with E-state index in [9.17, 15) is 36.2 Å². The van der Waals surface area contributed by atoms with Crippen LogP contribution in [0, 0.1) is 11.8 Å². The van der Waals surface area contributed by atoms with E-state index in [1.165, 1.54) is 0 Å². The molecule has 2 fully saturated rings. The molecule has 0 spiro atoms. The minimum absolute atomic E-state index is 0.119. The quantitative estimate of drug-likeness (QED) is 0.481. The Morgan fingerprint density at radius 2 is 1.78 bits per heavy atom. The minimum Gasteiger partial charge on any atom is -0.456 e. The van der Waals surface area contributed by atoms with E-state index in [1.807, 2.05) is 0 Å². The number of ether oxygens (including phenoxy) is 1. The van der Waals surface area contributed by atoms with Crippen molar-refractivity contribution < 1.29 is 41.0 Å². The molecule has 2 bridgehead atoms. The van der Waals surface area contributed by atoms with Crippen molar-refractivity contribution in [2.75, 3.05) is 0 Å². The summed E-state index contributed by atoms with van der Waals surface area (Å²) in [6.45, 7) is 3.21. The van der Waals surface area contributed by atoms with Crippen LogP contribution in [0.4, 0.5) is 26.3 Å². The first-order valence-corrected chi connectivity index (χ1v) is 7.05. The zero-order valence-electron chi connectivity index (χ0n) is 12.0. The van der Waals surface area contributed by atoms with Crippen LogP contribution >= 0.6 is 0 Å². The largest absolute Gasteiger partial charge is 0.456 e. The topological polar surface area (TPSA) is 46.5 Å². The number of hydrogen-bond donors (Lipinski definition) is 1. The van der Waals surface area contributed by atoms with Gasteiger partial charge in [0.15, 0.2) is 0 Å². The number of alkyl halides is 6. The van der Waals surface area contributed by atoms with Crippen LogP contribution in [0.5, 0.6) is 0 Å². The number of carbonyl (C=O) groups is 1. The Morgan fingerprint density at radius 3 is 2.26 bits per heavy atom. The van der Waals surface area contributed by atoms with Crippen molar-refractivity contribution in [3.8, 4) is 0 Å². The molecule has 0 aromatic heterocycles. The standard InChI is InChI=1S/C14H16F6O3/c1-2-10(21)23-11-4-3-8(5-11)9(6-11)7-12(22,13(15,16)17)14(18,19)20/h2,8-9,22H,1,3-7H2. The predicted molar refractivity (Wildman–Crippen MR) is 66.1 cm³/mol. The summed E-state index contributed by atoms with van der Waals surface area (Å²) in [4.78, 5) is 11.3. The maximum absolute atomic E-state index is 12.8. The van der Waals surface area contributed by atoms with Crippen LogP contribution in [-0.2, 0) is 9.53 Å². The molecule has 23 heavy (non-hydrogen) atoms. The summed E-state index contributed by atoms with van der Waals surface area (Å²) in [6, 6.07) is 0. The average Bonchev–Trinajstić information content (AvgIpc) is 2.93. The van der Waals surface area contributed by atoms with Gasteiger partial charge in [0, 0.05) is 6.08 Å². The molecule has 0 heterocycles. The number of fused-ring (bicyclic) bond motifs is 2. The van der Waals surface area contributed by atoms with E-state index in [0.717, 1.165) is 6.08 Å². The molecule has 2 rings (SSSR count). The molecule has 132 valence electrons. The maximum Gasteiger partial charge on any atom is 0.426 e. The lowest BCUT2D eigenvalue weighted by Crippen LogP contribution is -2.58. The summed E-state index contributed by atoms with van der Waals surface area (Å²) in [5.74, 6) is -2.22. The third-order valence-corrected chi connectivity index (χ3v) is 4.89. The van der Waals surface area contributed by atoms with Crippen LogP contribution in [0.1, 0.15) is 32.1 Å². The summed E-state index contributed by atoms with van der Waals surface area (Å²) in [6.07, 6.45) is -11.4. The smallest absolute Gasteiger partial charge is 0.426 e. The predicted octanol–water partition coefficient (Wildman–Crippen LogP) is 3.52. The van der Waals surface area contributed by atoms with E-state index in [4.69, 9.17) is 4.74 Å². The van der Waals surface area contributed by atoms with Crippen molar-refractivity contribution in [1.29, 1.82) is 0 Å². The Balaban J connectivity index is 2.18. The van der Waals surface area contributed by atoms with Gasteiger partial charge in [-0.2, -0.15) is 26.3 Å². The van der Waals surface area contributed by atoms with Gasteiger partial charge in [-0.25, -0.2) is 4.79 Å². The van der Waals surface area contributed by atoms with Gasteiger partial charge in [0.05, 0.1) is 0 Å². The molecule has 9 heteroatoms. The third-order valence-electron chi connectivity index (χ3n) is 4.89. The van der Waals surface area contributed by atoms with E-state index in [0.29, 0.717) is 12.8 Å². The van der Waals surface area contributed by atoms with Crippen molar-refractivity contribution >= 4 is 5.97 Å². The first-order valence-electron chi connectivity index (χ1n) is 7.05. The van der Waals surface area contributed by atoms with E-state index in [1.54, 1.807) is 0 Å². The normalized spacial score (nSPS) is 31.3. The van der Waals surface area contributed by atoms with Gasteiger partial charge < -0.3 is 9.84 Å². The molecule has 0 radical (unpaired) electrons. The van der Waals surface area contributed by atoms with Crippen molar-refractivity contribution in [2.24, 2.45) is 11.8 Å². The zero-order valence-corrected chi connectivity index (χ0v) is 12.0. The zero-order chi connectivity index (χ0) is 17.7. The fourth-order valence-corrected chi connectivity index (χ4v) is 3.76. The van der Waals surface area contributed by atoms with Gasteiger partial charge >= 0.3 is 18.3 Å². The molecule has 2 saturated carbocycles. The summed E-state index contributed by atoms with van der Waals surface area (Å²) < 4.78 is 81.9. The van der Waals surface area contributed by atoms with Crippen molar-refractivity contribution in [1.82, 2.24) is 0 Å². The maximum atomic E-state index is 12.8. The molecular formula is C14H16F6O3. The van der Waals surface area contributed by atoms with E-state index in [-0.39, 0.29) is 12.8 Å². The lowest BCUT2D eigenvalue weighted by molar-refractivity contribution is -0.373. The number of carbonyl (C=O) groups excluding carboxylic acids is 1. The van der Waals surface area contributed by atoms with Gasteiger partial charge in [-0.3, -0.25) is 0 Å². The SMILES string of the molecule is C=CC(=O)OC12CCC(C1)C(CC(O)(C(F)(F)F)C(F)(F)F)C2. The number of hydrogen-bond acceptors (Lipinski definition) is 3. The first kappa shape index (κ1) is 18.1. The van der Waals surface area contributed by atoms with Gasteiger partial charge in [0.25, 0.3) is 5.60 Å². The molecule has 0 aromatic rings. The first-order chi connectivity index (χ1) is 10.3. The second-order valence-corrected chi connectivity index (χ2v) is 6.34. The molecule has 1 N–H and O–H groups in total. The van der Waals surface area contributed by atoms with Gasteiger partial charge in [-0.05, 0) is 43.9 Å². The molecule has 0 amide bonds. The minimum atomic E-state index is -5.82. The highest BCUT2D eigenvalue weighted by Gasteiger charge is 2.71. The van der Waals surface area contributed by atoms with Gasteiger partial charge in [-0.1, -0.05) is 6.58 Å². The molecule has 0 aliphatic heterocycles. The fraction of sp³-hybridized carbons (Fsp3) is 0.786. The van der Waals surface area contributed by atoms with Crippen LogP contribution in [-0.4, -0.2) is 34.6 Å². The third kappa shape index (κ3) is 3.07. The van der Waals surface area contributed by atoms with Crippen molar-refractivity contribution in [3.63, 3.8) is 0 Å². The van der Waals surface area contributed by atoms with Gasteiger partial charge in [0.1, 0.15) is 5.60 Å². The molecule has 3 unspecified atom stereocenters. The van der Waals surface area contributed by atoms with Crippen LogP contribution in [0.15, 0.2) is 12.7 Å². The molecule has 2 aliphatic carbocycles. The van der Waals surface area contributed by atoms with E-state index < -0.39 is 47.8 Å². The number of rotatable bonds is 4. The lowest BCUT2D eigenvalue weighted by Gasteiger charge is -2.37. The van der Waals surface area contributed by atoms with E-state index in [2.05, 4.69) is 6.58 Å². The Morgan fingerprint density at radius 1 is 1.22 bits per heavy atom. The summed E-state index contributed by atoms with van der Waals surface area (Å²) >= 11 is 0. The van der Waals surface area contributed by atoms with Crippen molar-refractivity contribution in [2.45, 2.75) is 55.7 Å². The molecule has 0 saturated heterocycles. The van der Waals surface area contributed by atoms with E-state index >= 15 is 0 Å². The Hall–Kier alpha value is -1.25. The van der Waals surface area contributed by atoms with Gasteiger partial charge in [-0.15, -0.1) is 0 Å². The molecule has 3 atom stereocenters. The highest BCUT2D eigenvalue weighted by atomic mass is 19.4. The Labute approximate surface area is 128 Å². The monoisotopic (exact) mass is 346 g/mol. The van der Waals surface area contributed by atoms with Crippen LogP contribution < -0.4 is 0 Å². The summed E-state index contributed by atoms with van der Waals surface area (Å²) in [5.41, 5.74) is -5.79. The number of esters is 1. The molecule has 0 aromatic carbocycles. The van der Waals surface area contributed by atoms with Crippen molar-refractivity contribution in [3.05, 3.63) is 12.7 Å². The van der Waals surface area contributed by atoms with Crippen LogP contribution in [0.2, 0.25) is 0 Å². The molecule has 2 aliphatic rings. The molecule has 3 nitrogen and oxygen atoms in total. The molecular weight excluding hydrogens is 330 g/mol. The summed E-state index contributed by atoms with van der Waals surface area (Å²) in [5, 5.41) is 9.31. The highest BCUT2D eigenvalue weighted by molar-refractivity contribution is 5.81. The van der Waals surface area contributed by atoms with Crippen LogP contribution in [0.3, 0.4) is 0 Å². The number of aliphatic hydroxyl groups is 1. The second kappa shape index (κ2) is 5.39. The second-order valence-electron chi connectivity index (χ2n) is 6.34. The van der Waals surface area contributed by atoms with Crippen LogP contribution in [0.25, 0.3) is 0 Å². The fourth-order valence-electron chi connectivity index (χ4n) is 3.76. The summed E-state index contributed by atoms with van der Waals surface area (Å²) in [7, 11) is 0. The number of halogens is 6. The lowest BCUT2D eigenvalue weighted by atomic mass is 9.79. The Bertz CT molecular complexity index is 484.